The zero-order valence-corrected chi connectivity index (χ0v) is 14.0. The molecule has 20 heavy (non-hydrogen) atoms. The molecular formula is C15H13BrClNOS. The van der Waals surface area contributed by atoms with Gasteiger partial charge in [-0.15, -0.1) is 11.8 Å². The third-order valence-electron chi connectivity index (χ3n) is 2.64. The normalized spacial score (nSPS) is 10.3. The molecule has 2 rings (SSSR count). The van der Waals surface area contributed by atoms with E-state index in [1.807, 2.05) is 49.4 Å². The molecule has 2 nitrogen and oxygen atoms in total. The summed E-state index contributed by atoms with van der Waals surface area (Å²) in [5, 5.41) is 3.55. The minimum Gasteiger partial charge on any atom is -0.325 e. The number of carbonyl (C=O) groups is 1. The van der Waals surface area contributed by atoms with E-state index in [4.69, 9.17) is 11.6 Å². The van der Waals surface area contributed by atoms with Gasteiger partial charge in [0.25, 0.3) is 0 Å². The first-order valence-electron chi connectivity index (χ1n) is 5.99. The van der Waals surface area contributed by atoms with Gasteiger partial charge in [0.15, 0.2) is 0 Å². The molecule has 0 atom stereocenters. The van der Waals surface area contributed by atoms with Crippen LogP contribution in [0.2, 0.25) is 5.02 Å². The molecule has 0 spiro atoms. The second kappa shape index (κ2) is 7.16. The number of thioether (sulfide) groups is 1. The molecule has 0 fully saturated rings. The van der Waals surface area contributed by atoms with E-state index in [2.05, 4.69) is 21.2 Å². The number of aryl methyl sites for hydroxylation is 1. The molecule has 0 saturated carbocycles. The summed E-state index contributed by atoms with van der Waals surface area (Å²) in [6.45, 7) is 1.98. The van der Waals surface area contributed by atoms with Gasteiger partial charge in [-0.25, -0.2) is 0 Å². The Hall–Kier alpha value is -0.970. The number of benzene rings is 2. The number of rotatable bonds is 4. The van der Waals surface area contributed by atoms with Crippen molar-refractivity contribution >= 4 is 50.9 Å². The zero-order valence-electron chi connectivity index (χ0n) is 10.8. The van der Waals surface area contributed by atoms with Gasteiger partial charge in [0.1, 0.15) is 0 Å². The average molecular weight is 371 g/mol. The molecule has 0 heterocycles. The van der Waals surface area contributed by atoms with E-state index in [0.29, 0.717) is 10.8 Å². The predicted molar refractivity (Wildman–Crippen MR) is 89.7 cm³/mol. The Balaban J connectivity index is 1.93. The minimum atomic E-state index is -0.0448. The predicted octanol–water partition coefficient (Wildman–Crippen LogP) is 5.14. The van der Waals surface area contributed by atoms with Crippen molar-refractivity contribution in [2.45, 2.75) is 11.8 Å². The number of amides is 1. The van der Waals surface area contributed by atoms with Crippen LogP contribution in [0.3, 0.4) is 0 Å². The van der Waals surface area contributed by atoms with Crippen LogP contribution >= 0.6 is 39.3 Å². The van der Waals surface area contributed by atoms with E-state index in [0.717, 1.165) is 20.6 Å². The lowest BCUT2D eigenvalue weighted by atomic mass is 10.2. The second-order valence-corrected chi connectivity index (χ2v) is 6.51. The largest absolute Gasteiger partial charge is 0.325 e. The molecule has 1 amide bonds. The molecule has 0 aliphatic carbocycles. The number of hydrogen-bond acceptors (Lipinski definition) is 2. The molecule has 0 aliphatic rings. The highest BCUT2D eigenvalue weighted by atomic mass is 79.9. The van der Waals surface area contributed by atoms with Gasteiger partial charge in [-0.1, -0.05) is 39.7 Å². The number of anilines is 1. The van der Waals surface area contributed by atoms with Crippen LogP contribution in [-0.2, 0) is 4.79 Å². The number of carbonyl (C=O) groups excluding carboxylic acids is 1. The SMILES string of the molecule is Cc1cc(NC(=O)CSc2ccccc2Cl)ccc1Br. The quantitative estimate of drug-likeness (QED) is 0.755. The van der Waals surface area contributed by atoms with Gasteiger partial charge >= 0.3 is 0 Å². The Kier molecular flexibility index (Phi) is 5.52. The van der Waals surface area contributed by atoms with Crippen LogP contribution in [-0.4, -0.2) is 11.7 Å². The maximum atomic E-state index is 11.9. The molecule has 1 N–H and O–H groups in total. The van der Waals surface area contributed by atoms with Crippen molar-refractivity contribution in [1.29, 1.82) is 0 Å². The smallest absolute Gasteiger partial charge is 0.234 e. The number of hydrogen-bond donors (Lipinski definition) is 1. The number of nitrogens with one attached hydrogen (secondary N) is 1. The Labute approximate surface area is 136 Å². The van der Waals surface area contributed by atoms with Gasteiger partial charge in [-0.2, -0.15) is 0 Å². The van der Waals surface area contributed by atoms with Crippen LogP contribution in [0.1, 0.15) is 5.56 Å². The Bertz CT molecular complexity index is 633. The fourth-order valence-electron chi connectivity index (χ4n) is 1.62. The van der Waals surface area contributed by atoms with Crippen molar-refractivity contribution in [3.63, 3.8) is 0 Å². The first-order chi connectivity index (χ1) is 9.56. The van der Waals surface area contributed by atoms with E-state index in [1.54, 1.807) is 0 Å². The topological polar surface area (TPSA) is 29.1 Å². The van der Waals surface area contributed by atoms with E-state index in [9.17, 15) is 4.79 Å². The van der Waals surface area contributed by atoms with Gasteiger partial charge in [0.05, 0.1) is 10.8 Å². The maximum Gasteiger partial charge on any atom is 0.234 e. The molecule has 0 bridgehead atoms. The molecule has 0 unspecified atom stereocenters. The van der Waals surface area contributed by atoms with E-state index < -0.39 is 0 Å². The fourth-order valence-corrected chi connectivity index (χ4v) is 2.91. The second-order valence-electron chi connectivity index (χ2n) is 4.23. The van der Waals surface area contributed by atoms with Gasteiger partial charge in [0, 0.05) is 15.1 Å². The van der Waals surface area contributed by atoms with Crippen LogP contribution < -0.4 is 5.32 Å². The third kappa shape index (κ3) is 4.27. The minimum absolute atomic E-state index is 0.0448. The first kappa shape index (κ1) is 15.4. The lowest BCUT2D eigenvalue weighted by Crippen LogP contribution is -2.14. The van der Waals surface area contributed by atoms with Crippen molar-refractivity contribution < 1.29 is 4.79 Å². The van der Waals surface area contributed by atoms with Gasteiger partial charge < -0.3 is 5.32 Å². The zero-order chi connectivity index (χ0) is 14.5. The molecule has 0 saturated heterocycles. The summed E-state index contributed by atoms with van der Waals surface area (Å²) in [5.41, 5.74) is 1.89. The Morgan fingerprint density at radius 1 is 1.30 bits per heavy atom. The molecule has 5 heteroatoms. The highest BCUT2D eigenvalue weighted by Gasteiger charge is 2.06. The van der Waals surface area contributed by atoms with Gasteiger partial charge in [-0.05, 0) is 42.8 Å². The van der Waals surface area contributed by atoms with Crippen molar-refractivity contribution in [2.75, 3.05) is 11.1 Å². The summed E-state index contributed by atoms with van der Waals surface area (Å²) in [4.78, 5) is 12.8. The molecule has 104 valence electrons. The van der Waals surface area contributed by atoms with Gasteiger partial charge in [0.2, 0.25) is 5.91 Å². The van der Waals surface area contributed by atoms with Crippen LogP contribution in [0, 0.1) is 6.92 Å². The van der Waals surface area contributed by atoms with Crippen molar-refractivity contribution in [1.82, 2.24) is 0 Å². The lowest BCUT2D eigenvalue weighted by Gasteiger charge is -2.07. The highest BCUT2D eigenvalue weighted by molar-refractivity contribution is 9.10. The molecule has 2 aromatic carbocycles. The van der Waals surface area contributed by atoms with Crippen molar-refractivity contribution in [3.8, 4) is 0 Å². The summed E-state index contributed by atoms with van der Waals surface area (Å²) in [5.74, 6) is 0.287. The standard InChI is InChI=1S/C15H13BrClNOS/c1-10-8-11(6-7-12(10)16)18-15(19)9-20-14-5-3-2-4-13(14)17/h2-8H,9H2,1H3,(H,18,19). The number of halogens is 2. The molecule has 0 aliphatic heterocycles. The summed E-state index contributed by atoms with van der Waals surface area (Å²) < 4.78 is 1.03. The molecule has 0 radical (unpaired) electrons. The molecule has 2 aromatic rings. The van der Waals surface area contributed by atoms with Gasteiger partial charge in [-0.3, -0.25) is 4.79 Å². The van der Waals surface area contributed by atoms with Crippen LogP contribution in [0.15, 0.2) is 51.8 Å². The summed E-state index contributed by atoms with van der Waals surface area (Å²) in [6.07, 6.45) is 0. The van der Waals surface area contributed by atoms with E-state index in [-0.39, 0.29) is 5.91 Å². The Morgan fingerprint density at radius 2 is 2.05 bits per heavy atom. The molecular weight excluding hydrogens is 358 g/mol. The van der Waals surface area contributed by atoms with Crippen LogP contribution in [0.5, 0.6) is 0 Å². The van der Waals surface area contributed by atoms with E-state index >= 15 is 0 Å². The highest BCUT2D eigenvalue weighted by Crippen LogP contribution is 2.26. The fraction of sp³-hybridized carbons (Fsp3) is 0.133. The Morgan fingerprint density at radius 3 is 2.75 bits per heavy atom. The monoisotopic (exact) mass is 369 g/mol. The van der Waals surface area contributed by atoms with Crippen molar-refractivity contribution in [3.05, 3.63) is 57.5 Å². The maximum absolute atomic E-state index is 11.9. The van der Waals surface area contributed by atoms with Crippen LogP contribution in [0.25, 0.3) is 0 Å². The summed E-state index contributed by atoms with van der Waals surface area (Å²) in [6, 6.07) is 13.2. The summed E-state index contributed by atoms with van der Waals surface area (Å²) in [7, 11) is 0. The van der Waals surface area contributed by atoms with Crippen LogP contribution in [0.4, 0.5) is 5.69 Å². The third-order valence-corrected chi connectivity index (χ3v) is 5.04. The summed E-state index contributed by atoms with van der Waals surface area (Å²) >= 11 is 10.9. The van der Waals surface area contributed by atoms with Crippen molar-refractivity contribution in [2.24, 2.45) is 0 Å². The average Bonchev–Trinajstić information content (AvgIpc) is 2.42. The lowest BCUT2D eigenvalue weighted by molar-refractivity contribution is -0.113. The molecule has 0 aromatic heterocycles. The first-order valence-corrected chi connectivity index (χ1v) is 8.15. The van der Waals surface area contributed by atoms with E-state index in [1.165, 1.54) is 11.8 Å².